The molecule has 2 atom stereocenters. The minimum Gasteiger partial charge on any atom is -0.465 e. The summed E-state index contributed by atoms with van der Waals surface area (Å²) >= 11 is 6.09. The summed E-state index contributed by atoms with van der Waals surface area (Å²) in [4.78, 5) is 24.2. The number of alkyl halides is 1. The number of carbonyl (C=O) groups is 2. The number of anilines is 1. The first-order chi connectivity index (χ1) is 12.4. The molecule has 1 saturated heterocycles. The van der Waals surface area contributed by atoms with Gasteiger partial charge in [-0.25, -0.2) is 13.6 Å². The van der Waals surface area contributed by atoms with Crippen LogP contribution in [0.2, 0.25) is 5.02 Å². The van der Waals surface area contributed by atoms with Crippen molar-refractivity contribution in [1.82, 2.24) is 4.90 Å². The number of halogens is 3. The molecule has 2 aromatic carbocycles. The van der Waals surface area contributed by atoms with E-state index in [2.05, 4.69) is 5.32 Å². The molecule has 2 amide bonds. The minimum atomic E-state index is -1.43. The van der Waals surface area contributed by atoms with Crippen LogP contribution in [0.3, 0.4) is 0 Å². The molecule has 0 radical (unpaired) electrons. The van der Waals surface area contributed by atoms with Crippen LogP contribution in [-0.4, -0.2) is 40.8 Å². The van der Waals surface area contributed by atoms with Crippen LogP contribution in [0.1, 0.15) is 6.42 Å². The van der Waals surface area contributed by atoms with Gasteiger partial charge in [-0.3, -0.25) is 9.69 Å². The lowest BCUT2D eigenvalue weighted by Gasteiger charge is -2.20. The second kappa shape index (κ2) is 7.29. The molecule has 0 bridgehead atoms. The highest BCUT2D eigenvalue weighted by Crippen LogP contribution is 2.33. The van der Waals surface area contributed by atoms with E-state index in [0.29, 0.717) is 10.6 Å². The first-order valence-corrected chi connectivity index (χ1v) is 8.24. The Bertz CT molecular complexity index is 862. The predicted octanol–water partition coefficient (Wildman–Crippen LogP) is 4.18. The quantitative estimate of drug-likeness (QED) is 0.839. The van der Waals surface area contributed by atoms with Gasteiger partial charge in [0.05, 0.1) is 12.2 Å². The molecular weight excluding hydrogens is 366 g/mol. The van der Waals surface area contributed by atoms with Crippen molar-refractivity contribution in [2.24, 2.45) is 0 Å². The first-order valence-electron chi connectivity index (χ1n) is 7.86. The van der Waals surface area contributed by atoms with Crippen molar-refractivity contribution >= 4 is 29.3 Å². The van der Waals surface area contributed by atoms with Gasteiger partial charge >= 0.3 is 6.09 Å². The van der Waals surface area contributed by atoms with Crippen molar-refractivity contribution in [2.45, 2.75) is 18.6 Å². The van der Waals surface area contributed by atoms with Gasteiger partial charge in [0, 0.05) is 22.6 Å². The molecular formula is C18H15ClF2N2O3. The minimum absolute atomic E-state index is 0.125. The number of hydrogen-bond acceptors (Lipinski definition) is 2. The molecule has 0 aromatic heterocycles. The topological polar surface area (TPSA) is 69.6 Å². The normalized spacial score (nSPS) is 19.4. The number of hydrogen-bond donors (Lipinski definition) is 2. The van der Waals surface area contributed by atoms with Crippen molar-refractivity contribution < 1.29 is 23.5 Å². The van der Waals surface area contributed by atoms with Crippen LogP contribution < -0.4 is 5.32 Å². The summed E-state index contributed by atoms with van der Waals surface area (Å²) in [5.74, 6) is -1.48. The summed E-state index contributed by atoms with van der Waals surface area (Å²) in [6.45, 7) is -0.379. The monoisotopic (exact) mass is 380 g/mol. The number of carboxylic acid groups (broad SMARTS) is 1. The third kappa shape index (κ3) is 3.48. The van der Waals surface area contributed by atoms with Gasteiger partial charge in [0.15, 0.2) is 5.82 Å². The van der Waals surface area contributed by atoms with E-state index in [4.69, 9.17) is 16.7 Å². The van der Waals surface area contributed by atoms with Crippen LogP contribution in [0.15, 0.2) is 42.5 Å². The predicted molar refractivity (Wildman–Crippen MR) is 93.5 cm³/mol. The van der Waals surface area contributed by atoms with Gasteiger partial charge in [-0.2, -0.15) is 0 Å². The Morgan fingerprint density at radius 2 is 1.85 bits per heavy atom. The van der Waals surface area contributed by atoms with E-state index < -0.39 is 30.0 Å². The summed E-state index contributed by atoms with van der Waals surface area (Å²) in [7, 11) is 0. The first kappa shape index (κ1) is 18.1. The molecule has 1 heterocycles. The smallest absolute Gasteiger partial charge is 0.408 e. The Morgan fingerprint density at radius 3 is 2.54 bits per heavy atom. The summed E-state index contributed by atoms with van der Waals surface area (Å²) in [5, 5.41) is 11.8. The van der Waals surface area contributed by atoms with Gasteiger partial charge in [0.25, 0.3) is 0 Å². The van der Waals surface area contributed by atoms with Crippen LogP contribution >= 0.6 is 11.6 Å². The molecule has 2 unspecified atom stereocenters. The zero-order valence-corrected chi connectivity index (χ0v) is 14.2. The number of rotatable bonds is 3. The largest absolute Gasteiger partial charge is 0.465 e. The zero-order chi connectivity index (χ0) is 18.8. The number of benzene rings is 2. The molecule has 1 aliphatic rings. The summed E-state index contributed by atoms with van der Waals surface area (Å²) in [6.07, 6.45) is -3.08. The lowest BCUT2D eigenvalue weighted by molar-refractivity contribution is -0.120. The molecule has 5 nitrogen and oxygen atoms in total. The Hall–Kier alpha value is -2.67. The molecule has 0 spiro atoms. The van der Waals surface area contributed by atoms with Crippen LogP contribution in [0.25, 0.3) is 11.1 Å². The molecule has 0 saturated carbocycles. The number of amides is 2. The highest BCUT2D eigenvalue weighted by atomic mass is 35.5. The maximum atomic E-state index is 14.8. The van der Waals surface area contributed by atoms with Crippen molar-refractivity contribution in [2.75, 3.05) is 11.9 Å². The Kier molecular flexibility index (Phi) is 5.08. The molecule has 2 N–H and O–H groups in total. The fourth-order valence-electron chi connectivity index (χ4n) is 2.98. The van der Waals surface area contributed by atoms with E-state index in [1.807, 2.05) is 0 Å². The Morgan fingerprint density at radius 1 is 1.15 bits per heavy atom. The van der Waals surface area contributed by atoms with Crippen LogP contribution in [0, 0.1) is 5.82 Å². The number of nitrogens with one attached hydrogen (secondary N) is 1. The second-order valence-corrected chi connectivity index (χ2v) is 6.33. The molecule has 136 valence electrons. The van der Waals surface area contributed by atoms with Crippen molar-refractivity contribution in [1.29, 1.82) is 0 Å². The fourth-order valence-corrected chi connectivity index (χ4v) is 3.21. The number of likely N-dealkylation sites (tertiary alicyclic amines) is 1. The van der Waals surface area contributed by atoms with Crippen LogP contribution in [0.5, 0.6) is 0 Å². The van der Waals surface area contributed by atoms with Gasteiger partial charge in [0.1, 0.15) is 12.2 Å². The molecule has 1 aliphatic heterocycles. The summed E-state index contributed by atoms with van der Waals surface area (Å²) in [5.41, 5.74) is 0.526. The van der Waals surface area contributed by atoms with Gasteiger partial charge in [-0.15, -0.1) is 0 Å². The third-order valence-corrected chi connectivity index (χ3v) is 4.55. The zero-order valence-electron chi connectivity index (χ0n) is 13.5. The molecule has 8 heteroatoms. The lowest BCUT2D eigenvalue weighted by Crippen LogP contribution is -2.42. The second-order valence-electron chi connectivity index (χ2n) is 5.92. The molecule has 3 rings (SSSR count). The van der Waals surface area contributed by atoms with Gasteiger partial charge in [-0.05, 0) is 12.1 Å². The Labute approximate surface area is 153 Å². The number of carbonyl (C=O) groups excluding carboxylic acids is 1. The maximum Gasteiger partial charge on any atom is 0.408 e. The molecule has 1 fully saturated rings. The SMILES string of the molecule is O=C(Nc1cccc(-c2ccccc2Cl)c1F)C1CC(F)CN1C(=O)O. The molecule has 2 aromatic rings. The van der Waals surface area contributed by atoms with Crippen LogP contribution in [0.4, 0.5) is 19.3 Å². The highest BCUT2D eigenvalue weighted by Gasteiger charge is 2.40. The van der Waals surface area contributed by atoms with Gasteiger partial charge in [-0.1, -0.05) is 41.9 Å². The van der Waals surface area contributed by atoms with Gasteiger partial charge in [0.2, 0.25) is 5.91 Å². The van der Waals surface area contributed by atoms with E-state index in [9.17, 15) is 18.4 Å². The van der Waals surface area contributed by atoms with E-state index in [-0.39, 0.29) is 24.2 Å². The van der Waals surface area contributed by atoms with E-state index in [0.717, 1.165) is 4.90 Å². The van der Waals surface area contributed by atoms with Crippen LogP contribution in [-0.2, 0) is 4.79 Å². The number of nitrogens with zero attached hydrogens (tertiary/aromatic N) is 1. The summed E-state index contributed by atoms with van der Waals surface area (Å²) < 4.78 is 28.4. The van der Waals surface area contributed by atoms with E-state index >= 15 is 0 Å². The fraction of sp³-hybridized carbons (Fsp3) is 0.222. The lowest BCUT2D eigenvalue weighted by atomic mass is 10.0. The average Bonchev–Trinajstić information content (AvgIpc) is 3.00. The molecule has 26 heavy (non-hydrogen) atoms. The van der Waals surface area contributed by atoms with E-state index in [1.165, 1.54) is 12.1 Å². The van der Waals surface area contributed by atoms with Crippen molar-refractivity contribution in [3.05, 3.63) is 53.3 Å². The third-order valence-electron chi connectivity index (χ3n) is 4.22. The maximum absolute atomic E-state index is 14.8. The van der Waals surface area contributed by atoms with Crippen molar-refractivity contribution in [3.63, 3.8) is 0 Å². The van der Waals surface area contributed by atoms with Crippen molar-refractivity contribution in [3.8, 4) is 11.1 Å². The highest BCUT2D eigenvalue weighted by molar-refractivity contribution is 6.33. The standard InChI is InChI=1S/C18H15ClF2N2O3/c19-13-6-2-1-4-11(13)12-5-3-7-14(16(12)21)22-17(24)15-8-10(20)9-23(15)18(25)26/h1-7,10,15H,8-9H2,(H,22,24)(H,25,26). The summed E-state index contributed by atoms with van der Waals surface area (Å²) in [6, 6.07) is 9.88. The molecule has 0 aliphatic carbocycles. The van der Waals surface area contributed by atoms with E-state index in [1.54, 1.807) is 30.3 Å². The van der Waals surface area contributed by atoms with Gasteiger partial charge < -0.3 is 10.4 Å². The average molecular weight is 381 g/mol. The Balaban J connectivity index is 1.87.